The zero-order chi connectivity index (χ0) is 26.2. The van der Waals surface area contributed by atoms with Crippen LogP contribution in [0.1, 0.15) is 0 Å². The van der Waals surface area contributed by atoms with E-state index in [2.05, 4.69) is 142 Å². The second-order valence-electron chi connectivity index (χ2n) is 10.4. The van der Waals surface area contributed by atoms with Crippen molar-refractivity contribution in [3.63, 3.8) is 0 Å². The van der Waals surface area contributed by atoms with Crippen molar-refractivity contribution in [2.75, 3.05) is 0 Å². The number of hydrogen-bond acceptors (Lipinski definition) is 1. The molecule has 0 unspecified atom stereocenters. The van der Waals surface area contributed by atoms with Gasteiger partial charge in [0.25, 0.3) is 0 Å². The van der Waals surface area contributed by atoms with Crippen LogP contribution in [0.4, 0.5) is 0 Å². The lowest BCUT2D eigenvalue weighted by Gasteiger charge is -2.11. The van der Waals surface area contributed by atoms with Gasteiger partial charge in [-0.2, -0.15) is 0 Å². The van der Waals surface area contributed by atoms with Crippen molar-refractivity contribution in [1.29, 1.82) is 0 Å². The molecule has 0 spiro atoms. The van der Waals surface area contributed by atoms with Gasteiger partial charge in [0, 0.05) is 32.5 Å². The molecule has 0 atom stereocenters. The molecule has 0 N–H and O–H groups in total. The van der Waals surface area contributed by atoms with Crippen LogP contribution in [-0.2, 0) is 0 Å². The highest BCUT2D eigenvalue weighted by Crippen LogP contribution is 2.40. The third-order valence-electron chi connectivity index (χ3n) is 8.29. The van der Waals surface area contributed by atoms with Crippen LogP contribution in [0.3, 0.4) is 0 Å². The van der Waals surface area contributed by atoms with Crippen molar-refractivity contribution < 1.29 is 0 Å². The average molecular weight is 510 g/mol. The quantitative estimate of drug-likeness (QED) is 0.213. The summed E-state index contributed by atoms with van der Waals surface area (Å²) < 4.78 is 4.78. The first-order valence-electron chi connectivity index (χ1n) is 13.7. The van der Waals surface area contributed by atoms with Crippen LogP contribution in [0.2, 0.25) is 0 Å². The maximum atomic E-state index is 5.20. The van der Waals surface area contributed by atoms with E-state index in [-0.39, 0.29) is 0 Å². The molecule has 0 fully saturated rings. The van der Waals surface area contributed by atoms with Gasteiger partial charge in [0.05, 0.1) is 33.3 Å². The lowest BCUT2D eigenvalue weighted by molar-refractivity contribution is 1.09. The molecule has 4 aromatic heterocycles. The standard InChI is InChI=1S/C37H23N3/c1-2-11-24(12-3-1)31-17-10-20-36(38-31)40-33-19-9-7-16-28(33)29-21-22-34-30(37(29)40)23-35-27-15-5-4-13-25(27)26-14-6-8-18-32(26)39(34)35/h1-23H. The number of fused-ring (bicyclic) bond motifs is 12. The van der Waals surface area contributed by atoms with Crippen molar-refractivity contribution in [2.24, 2.45) is 0 Å². The van der Waals surface area contributed by atoms with Crippen molar-refractivity contribution in [3.8, 4) is 17.1 Å². The highest BCUT2D eigenvalue weighted by Gasteiger charge is 2.19. The van der Waals surface area contributed by atoms with E-state index >= 15 is 0 Å². The summed E-state index contributed by atoms with van der Waals surface area (Å²) in [6, 6.07) is 49.9. The molecule has 0 amide bonds. The van der Waals surface area contributed by atoms with Crippen LogP contribution in [-0.4, -0.2) is 14.0 Å². The first-order valence-corrected chi connectivity index (χ1v) is 13.7. The Morgan fingerprint density at radius 1 is 0.400 bits per heavy atom. The molecule has 0 radical (unpaired) electrons. The third kappa shape index (κ3) is 2.86. The fourth-order valence-corrected chi connectivity index (χ4v) is 6.59. The van der Waals surface area contributed by atoms with Crippen LogP contribution in [0.15, 0.2) is 140 Å². The van der Waals surface area contributed by atoms with Gasteiger partial charge in [0.1, 0.15) is 5.82 Å². The Morgan fingerprint density at radius 2 is 1.02 bits per heavy atom. The molecule has 3 nitrogen and oxygen atoms in total. The van der Waals surface area contributed by atoms with Crippen LogP contribution < -0.4 is 0 Å². The lowest BCUT2D eigenvalue weighted by Crippen LogP contribution is -1.98. The summed E-state index contributed by atoms with van der Waals surface area (Å²) in [5.41, 5.74) is 8.07. The summed E-state index contributed by atoms with van der Waals surface area (Å²) in [6.07, 6.45) is 0. The molecule has 40 heavy (non-hydrogen) atoms. The number of aromatic nitrogens is 3. The Kier molecular flexibility index (Phi) is 4.33. The van der Waals surface area contributed by atoms with E-state index in [1.165, 1.54) is 54.4 Å². The second kappa shape index (κ2) is 8.05. The highest BCUT2D eigenvalue weighted by atomic mass is 15.1. The Labute approximate surface area is 230 Å². The van der Waals surface area contributed by atoms with E-state index in [1.807, 2.05) is 6.07 Å². The second-order valence-corrected chi connectivity index (χ2v) is 10.4. The fourth-order valence-electron chi connectivity index (χ4n) is 6.59. The summed E-state index contributed by atoms with van der Waals surface area (Å²) in [7, 11) is 0. The largest absolute Gasteiger partial charge is 0.309 e. The molecule has 9 rings (SSSR count). The molecule has 0 saturated carbocycles. The van der Waals surface area contributed by atoms with Gasteiger partial charge in [-0.25, -0.2) is 4.98 Å². The summed E-state index contributed by atoms with van der Waals surface area (Å²) >= 11 is 0. The minimum atomic E-state index is 0.921. The molecular weight excluding hydrogens is 486 g/mol. The maximum absolute atomic E-state index is 5.20. The zero-order valence-corrected chi connectivity index (χ0v) is 21.6. The maximum Gasteiger partial charge on any atom is 0.138 e. The van der Waals surface area contributed by atoms with E-state index < -0.39 is 0 Å². The minimum absolute atomic E-state index is 0.921. The van der Waals surface area contributed by atoms with Gasteiger partial charge in [-0.15, -0.1) is 0 Å². The van der Waals surface area contributed by atoms with Gasteiger partial charge in [-0.05, 0) is 41.8 Å². The van der Waals surface area contributed by atoms with E-state index in [1.54, 1.807) is 0 Å². The smallest absolute Gasteiger partial charge is 0.138 e. The predicted molar refractivity (Wildman–Crippen MR) is 167 cm³/mol. The first kappa shape index (κ1) is 21.5. The summed E-state index contributed by atoms with van der Waals surface area (Å²) in [5.74, 6) is 0.921. The SMILES string of the molecule is c1ccc(-c2cccc(-n3c4ccccc4c4ccc5c(cc6c7ccccc7c7ccccc7n65)c43)n2)cc1. The summed E-state index contributed by atoms with van der Waals surface area (Å²) in [5, 5.41) is 7.50. The predicted octanol–water partition coefficient (Wildman–Crippen LogP) is 9.56. The number of benzene rings is 5. The number of pyridine rings is 2. The van der Waals surface area contributed by atoms with Gasteiger partial charge in [-0.1, -0.05) is 103 Å². The molecule has 3 heteroatoms. The van der Waals surface area contributed by atoms with E-state index in [9.17, 15) is 0 Å². The van der Waals surface area contributed by atoms with Crippen LogP contribution in [0.5, 0.6) is 0 Å². The molecule has 9 aromatic rings. The van der Waals surface area contributed by atoms with Gasteiger partial charge in [-0.3, -0.25) is 4.57 Å². The zero-order valence-electron chi connectivity index (χ0n) is 21.6. The average Bonchev–Trinajstić information content (AvgIpc) is 3.59. The van der Waals surface area contributed by atoms with E-state index in [0.717, 1.165) is 22.6 Å². The Bertz CT molecular complexity index is 2430. The molecule has 186 valence electrons. The van der Waals surface area contributed by atoms with Crippen LogP contribution >= 0.6 is 0 Å². The molecule has 0 saturated heterocycles. The topological polar surface area (TPSA) is 22.2 Å². The Morgan fingerprint density at radius 3 is 1.82 bits per heavy atom. The van der Waals surface area contributed by atoms with Gasteiger partial charge in [0.15, 0.2) is 0 Å². The molecule has 0 aliphatic carbocycles. The monoisotopic (exact) mass is 509 g/mol. The van der Waals surface area contributed by atoms with Crippen molar-refractivity contribution in [1.82, 2.24) is 14.0 Å². The van der Waals surface area contributed by atoms with Crippen molar-refractivity contribution in [2.45, 2.75) is 0 Å². The highest BCUT2D eigenvalue weighted by molar-refractivity contribution is 6.22. The number of hydrogen-bond donors (Lipinski definition) is 0. The van der Waals surface area contributed by atoms with Crippen LogP contribution in [0.25, 0.3) is 77.0 Å². The first-order chi connectivity index (χ1) is 19.9. The number of para-hydroxylation sites is 2. The minimum Gasteiger partial charge on any atom is -0.309 e. The summed E-state index contributed by atoms with van der Waals surface area (Å²) in [4.78, 5) is 5.20. The van der Waals surface area contributed by atoms with E-state index in [4.69, 9.17) is 4.98 Å². The molecule has 4 heterocycles. The van der Waals surface area contributed by atoms with Gasteiger partial charge >= 0.3 is 0 Å². The number of rotatable bonds is 2. The molecule has 0 bridgehead atoms. The normalized spacial score (nSPS) is 12.0. The van der Waals surface area contributed by atoms with Crippen LogP contribution in [0, 0.1) is 0 Å². The molecular formula is C37H23N3. The summed E-state index contributed by atoms with van der Waals surface area (Å²) in [6.45, 7) is 0. The lowest BCUT2D eigenvalue weighted by atomic mass is 10.1. The fraction of sp³-hybridized carbons (Fsp3) is 0. The molecule has 5 aromatic carbocycles. The molecule has 0 aliphatic heterocycles. The third-order valence-corrected chi connectivity index (χ3v) is 8.29. The van der Waals surface area contributed by atoms with E-state index in [0.29, 0.717) is 0 Å². The van der Waals surface area contributed by atoms with Gasteiger partial charge < -0.3 is 4.40 Å². The number of nitrogens with zero attached hydrogens (tertiary/aromatic N) is 3. The Hall–Kier alpha value is -5.41. The van der Waals surface area contributed by atoms with Crippen molar-refractivity contribution in [3.05, 3.63) is 140 Å². The Balaban J connectivity index is 1.48. The van der Waals surface area contributed by atoms with Gasteiger partial charge in [0.2, 0.25) is 0 Å². The van der Waals surface area contributed by atoms with Crippen molar-refractivity contribution >= 4 is 59.9 Å². The molecule has 0 aliphatic rings.